The monoisotopic (exact) mass is 478 g/mol. The first-order chi connectivity index (χ1) is 12.2. The molecule has 0 bridgehead atoms. The predicted molar refractivity (Wildman–Crippen MR) is 119 cm³/mol. The molecule has 1 atom stereocenters. The van der Waals surface area contributed by atoms with Crippen LogP contribution in [0.1, 0.15) is 77.6 Å². The molecule has 1 saturated heterocycles. The summed E-state index contributed by atoms with van der Waals surface area (Å²) in [5.41, 5.74) is -0.566. The molecule has 26 heavy (non-hydrogen) atoms. The number of halogens is 1. The Kier molecular flexibility index (Phi) is 9.44. The van der Waals surface area contributed by atoms with E-state index in [4.69, 9.17) is 4.99 Å². The highest BCUT2D eigenvalue weighted by Crippen LogP contribution is 2.29. The number of piperidine rings is 1. The molecule has 0 spiro atoms. The molecule has 152 valence electrons. The van der Waals surface area contributed by atoms with Gasteiger partial charge in [0.2, 0.25) is 0 Å². The summed E-state index contributed by atoms with van der Waals surface area (Å²) in [6.45, 7) is 5.90. The maximum Gasteiger partial charge on any atom is 0.191 e. The van der Waals surface area contributed by atoms with Crippen LogP contribution in [0.3, 0.4) is 0 Å². The summed E-state index contributed by atoms with van der Waals surface area (Å²) in [7, 11) is 0. The fraction of sp³-hybridized carbons (Fsp3) is 0.950. The van der Waals surface area contributed by atoms with E-state index in [0.717, 1.165) is 50.8 Å². The lowest BCUT2D eigenvalue weighted by Crippen LogP contribution is -2.53. The number of aliphatic hydroxyl groups is 1. The topological polar surface area (TPSA) is 59.9 Å². The van der Waals surface area contributed by atoms with Gasteiger partial charge in [-0.3, -0.25) is 9.89 Å². The van der Waals surface area contributed by atoms with Gasteiger partial charge in [-0.05, 0) is 52.0 Å². The smallest absolute Gasteiger partial charge is 0.191 e. The minimum Gasteiger partial charge on any atom is -0.388 e. The standard InChI is InChI=1S/C20H38N4O.HI/c1-2-21-19(22-16-20(25)12-6-7-13-20)23-17-9-8-14-24(15-17)18-10-4-3-5-11-18;/h17-18,25H,2-16H2,1H3,(H2,21,22,23);1H. The van der Waals surface area contributed by atoms with E-state index in [1.807, 2.05) is 0 Å². The molecule has 5 nitrogen and oxygen atoms in total. The van der Waals surface area contributed by atoms with Crippen LogP contribution >= 0.6 is 24.0 Å². The maximum atomic E-state index is 10.6. The quantitative estimate of drug-likeness (QED) is 0.323. The molecule has 3 fully saturated rings. The van der Waals surface area contributed by atoms with E-state index >= 15 is 0 Å². The lowest BCUT2D eigenvalue weighted by molar-refractivity contribution is 0.0573. The molecular formula is C20H39IN4O. The molecule has 3 rings (SSSR count). The normalized spacial score (nSPS) is 27.8. The molecule has 2 saturated carbocycles. The molecule has 2 aliphatic carbocycles. The molecule has 0 aromatic carbocycles. The van der Waals surface area contributed by atoms with Crippen LogP contribution < -0.4 is 10.6 Å². The lowest BCUT2D eigenvalue weighted by Gasteiger charge is -2.40. The van der Waals surface area contributed by atoms with Crippen molar-refractivity contribution in [1.29, 1.82) is 0 Å². The molecular weight excluding hydrogens is 439 g/mol. The van der Waals surface area contributed by atoms with Crippen molar-refractivity contribution in [3.63, 3.8) is 0 Å². The van der Waals surface area contributed by atoms with Crippen molar-refractivity contribution >= 4 is 29.9 Å². The van der Waals surface area contributed by atoms with Crippen molar-refractivity contribution in [2.75, 3.05) is 26.2 Å². The Morgan fingerprint density at radius 3 is 2.50 bits per heavy atom. The van der Waals surface area contributed by atoms with Gasteiger partial charge in [-0.15, -0.1) is 24.0 Å². The second-order valence-electron chi connectivity index (χ2n) is 8.40. The Labute approximate surface area is 176 Å². The summed E-state index contributed by atoms with van der Waals surface area (Å²) in [5, 5.41) is 17.6. The Hall–Kier alpha value is -0.0800. The zero-order valence-corrected chi connectivity index (χ0v) is 18.8. The number of likely N-dealkylation sites (tertiary alicyclic amines) is 1. The minimum atomic E-state index is -0.566. The fourth-order valence-corrected chi connectivity index (χ4v) is 4.83. The third-order valence-electron chi connectivity index (χ3n) is 6.29. The Balaban J connectivity index is 0.00000243. The summed E-state index contributed by atoms with van der Waals surface area (Å²) in [6, 6.07) is 1.28. The summed E-state index contributed by atoms with van der Waals surface area (Å²) < 4.78 is 0. The van der Waals surface area contributed by atoms with Gasteiger partial charge < -0.3 is 15.7 Å². The van der Waals surface area contributed by atoms with Crippen LogP contribution in [-0.4, -0.2) is 59.8 Å². The summed E-state index contributed by atoms with van der Waals surface area (Å²) >= 11 is 0. The number of hydrogen-bond acceptors (Lipinski definition) is 3. The van der Waals surface area contributed by atoms with Gasteiger partial charge in [-0.1, -0.05) is 32.1 Å². The van der Waals surface area contributed by atoms with Crippen molar-refractivity contribution in [1.82, 2.24) is 15.5 Å². The minimum absolute atomic E-state index is 0. The third kappa shape index (κ3) is 6.51. The molecule has 1 heterocycles. The first-order valence-corrected chi connectivity index (χ1v) is 10.7. The highest BCUT2D eigenvalue weighted by molar-refractivity contribution is 14.0. The van der Waals surface area contributed by atoms with Gasteiger partial charge in [-0.2, -0.15) is 0 Å². The molecule has 3 aliphatic rings. The van der Waals surface area contributed by atoms with E-state index < -0.39 is 5.60 Å². The first kappa shape index (κ1) is 22.2. The van der Waals surface area contributed by atoms with E-state index in [9.17, 15) is 5.11 Å². The van der Waals surface area contributed by atoms with Crippen LogP contribution in [0.4, 0.5) is 0 Å². The molecule has 6 heteroatoms. The number of nitrogens with zero attached hydrogens (tertiary/aromatic N) is 2. The van der Waals surface area contributed by atoms with E-state index in [2.05, 4.69) is 22.5 Å². The highest BCUT2D eigenvalue weighted by Gasteiger charge is 2.31. The number of guanidine groups is 1. The van der Waals surface area contributed by atoms with E-state index in [0.29, 0.717) is 12.6 Å². The van der Waals surface area contributed by atoms with Gasteiger partial charge in [0.15, 0.2) is 5.96 Å². The molecule has 0 aromatic heterocycles. The fourth-order valence-electron chi connectivity index (χ4n) is 4.83. The second-order valence-corrected chi connectivity index (χ2v) is 8.40. The highest BCUT2D eigenvalue weighted by atomic mass is 127. The third-order valence-corrected chi connectivity index (χ3v) is 6.29. The molecule has 0 amide bonds. The van der Waals surface area contributed by atoms with Crippen LogP contribution in [-0.2, 0) is 0 Å². The van der Waals surface area contributed by atoms with Gasteiger partial charge in [-0.25, -0.2) is 0 Å². The summed E-state index contributed by atoms with van der Waals surface area (Å²) in [6.07, 6.45) is 13.6. The zero-order chi connectivity index (χ0) is 17.5. The van der Waals surface area contributed by atoms with E-state index in [1.54, 1.807) is 0 Å². The van der Waals surface area contributed by atoms with Gasteiger partial charge >= 0.3 is 0 Å². The van der Waals surface area contributed by atoms with Crippen LogP contribution in [0.2, 0.25) is 0 Å². The Morgan fingerprint density at radius 2 is 1.81 bits per heavy atom. The number of hydrogen-bond donors (Lipinski definition) is 3. The van der Waals surface area contributed by atoms with E-state index in [-0.39, 0.29) is 24.0 Å². The zero-order valence-electron chi connectivity index (χ0n) is 16.5. The summed E-state index contributed by atoms with van der Waals surface area (Å²) in [4.78, 5) is 7.44. The van der Waals surface area contributed by atoms with Crippen LogP contribution in [0.15, 0.2) is 4.99 Å². The average Bonchev–Trinajstić information content (AvgIpc) is 3.08. The lowest BCUT2D eigenvalue weighted by atomic mass is 9.92. The van der Waals surface area contributed by atoms with Gasteiger partial charge in [0.1, 0.15) is 0 Å². The number of nitrogens with one attached hydrogen (secondary N) is 2. The van der Waals surface area contributed by atoms with Crippen molar-refractivity contribution in [2.45, 2.75) is 95.2 Å². The van der Waals surface area contributed by atoms with E-state index in [1.165, 1.54) is 51.5 Å². The summed E-state index contributed by atoms with van der Waals surface area (Å²) in [5.74, 6) is 0.887. The van der Waals surface area contributed by atoms with Gasteiger partial charge in [0.25, 0.3) is 0 Å². The molecule has 0 aromatic rings. The molecule has 3 N–H and O–H groups in total. The van der Waals surface area contributed by atoms with Crippen LogP contribution in [0, 0.1) is 0 Å². The van der Waals surface area contributed by atoms with Crippen LogP contribution in [0.25, 0.3) is 0 Å². The number of aliphatic imine (C=N–C) groups is 1. The van der Waals surface area contributed by atoms with Crippen molar-refractivity contribution in [2.24, 2.45) is 4.99 Å². The maximum absolute atomic E-state index is 10.6. The van der Waals surface area contributed by atoms with Crippen molar-refractivity contribution in [3.8, 4) is 0 Å². The van der Waals surface area contributed by atoms with Gasteiger partial charge in [0, 0.05) is 25.2 Å². The first-order valence-electron chi connectivity index (χ1n) is 10.7. The van der Waals surface area contributed by atoms with Gasteiger partial charge in [0.05, 0.1) is 12.1 Å². The molecule has 0 radical (unpaired) electrons. The second kappa shape index (κ2) is 11.1. The Bertz CT molecular complexity index is 434. The predicted octanol–water partition coefficient (Wildman–Crippen LogP) is 3.26. The van der Waals surface area contributed by atoms with Crippen molar-refractivity contribution < 1.29 is 5.11 Å². The largest absolute Gasteiger partial charge is 0.388 e. The average molecular weight is 478 g/mol. The molecule has 1 aliphatic heterocycles. The molecule has 1 unspecified atom stereocenters. The van der Waals surface area contributed by atoms with Crippen molar-refractivity contribution in [3.05, 3.63) is 0 Å². The SMILES string of the molecule is CCNC(=NCC1(O)CCCC1)NC1CCCN(C2CCCCC2)C1.I. The van der Waals surface area contributed by atoms with Crippen LogP contribution in [0.5, 0.6) is 0 Å². The number of rotatable bonds is 5. The Morgan fingerprint density at radius 1 is 1.08 bits per heavy atom.